The van der Waals surface area contributed by atoms with Gasteiger partial charge in [0.15, 0.2) is 6.23 Å². The highest BCUT2D eigenvalue weighted by atomic mass is 16.5. The van der Waals surface area contributed by atoms with Crippen molar-refractivity contribution in [3.63, 3.8) is 0 Å². The van der Waals surface area contributed by atoms with Crippen LogP contribution < -0.4 is 0 Å². The van der Waals surface area contributed by atoms with Crippen LogP contribution in [-0.2, 0) is 4.74 Å². The summed E-state index contributed by atoms with van der Waals surface area (Å²) in [5.74, 6) is 0.830. The summed E-state index contributed by atoms with van der Waals surface area (Å²) in [7, 11) is 0. The number of benzene rings is 1. The van der Waals surface area contributed by atoms with Crippen LogP contribution in [0.4, 0.5) is 0 Å². The molecule has 1 aromatic carbocycles. The Balaban J connectivity index is 2.32. The highest BCUT2D eigenvalue weighted by Gasteiger charge is 2.24. The van der Waals surface area contributed by atoms with E-state index in [0.29, 0.717) is 0 Å². The number of hydrogen-bond donors (Lipinski definition) is 0. The summed E-state index contributed by atoms with van der Waals surface area (Å²) < 4.78 is 5.90. The fraction of sp³-hybridized carbons (Fsp3) is 0.200. The molecule has 0 bridgehead atoms. The summed E-state index contributed by atoms with van der Waals surface area (Å²) in [6, 6.07) is 10.2. The van der Waals surface area contributed by atoms with Gasteiger partial charge in [0.1, 0.15) is 5.76 Å². The minimum Gasteiger partial charge on any atom is -0.467 e. The molecular formula is C15H17NO. The molecule has 0 radical (unpaired) electrons. The molecule has 0 aromatic heterocycles. The van der Waals surface area contributed by atoms with E-state index in [4.69, 9.17) is 4.74 Å². The second-order valence-corrected chi connectivity index (χ2v) is 4.08. The average molecular weight is 227 g/mol. The zero-order valence-electron chi connectivity index (χ0n) is 10.1. The fourth-order valence-corrected chi connectivity index (χ4v) is 1.88. The average Bonchev–Trinajstić information content (AvgIpc) is 2.39. The van der Waals surface area contributed by atoms with E-state index in [-0.39, 0.29) is 6.23 Å². The van der Waals surface area contributed by atoms with E-state index in [1.165, 1.54) is 0 Å². The summed E-state index contributed by atoms with van der Waals surface area (Å²) in [5, 5.41) is 0. The van der Waals surface area contributed by atoms with Gasteiger partial charge in [0.05, 0.1) is 0 Å². The van der Waals surface area contributed by atoms with Gasteiger partial charge < -0.3 is 9.64 Å². The normalized spacial score (nSPS) is 19.2. The number of allylic oxidation sites excluding steroid dienone is 2. The Labute approximate surface area is 103 Å². The molecule has 1 aliphatic heterocycles. The van der Waals surface area contributed by atoms with Gasteiger partial charge in [0.25, 0.3) is 0 Å². The summed E-state index contributed by atoms with van der Waals surface area (Å²) >= 11 is 0. The van der Waals surface area contributed by atoms with Crippen LogP contribution in [0.2, 0.25) is 0 Å². The van der Waals surface area contributed by atoms with Crippen molar-refractivity contribution in [3.05, 3.63) is 72.7 Å². The van der Waals surface area contributed by atoms with Gasteiger partial charge in [0.2, 0.25) is 0 Å². The molecule has 1 heterocycles. The first-order valence-corrected chi connectivity index (χ1v) is 5.68. The molecule has 1 atom stereocenters. The smallest absolute Gasteiger partial charge is 0.198 e. The maximum atomic E-state index is 5.90. The molecule has 0 N–H and O–H groups in total. The molecule has 17 heavy (non-hydrogen) atoms. The maximum Gasteiger partial charge on any atom is 0.198 e. The largest absolute Gasteiger partial charge is 0.467 e. The predicted octanol–water partition coefficient (Wildman–Crippen LogP) is 3.62. The lowest BCUT2D eigenvalue weighted by Gasteiger charge is -2.36. The molecule has 0 aliphatic carbocycles. The standard InChI is InChI=1S/C15H17NO/c1-4-14-10-11-16(12(2)3)15(17-14)13-8-6-5-7-9-13/h4-10,15H,1-2,11H2,3H3. The van der Waals surface area contributed by atoms with E-state index < -0.39 is 0 Å². The summed E-state index contributed by atoms with van der Waals surface area (Å²) in [6.07, 6.45) is 3.65. The Morgan fingerprint density at radius 2 is 2.12 bits per heavy atom. The third-order valence-corrected chi connectivity index (χ3v) is 2.80. The molecule has 1 aromatic rings. The Morgan fingerprint density at radius 3 is 2.71 bits per heavy atom. The van der Waals surface area contributed by atoms with Crippen LogP contribution in [-0.4, -0.2) is 11.4 Å². The summed E-state index contributed by atoms with van der Waals surface area (Å²) in [6.45, 7) is 10.5. The summed E-state index contributed by atoms with van der Waals surface area (Å²) in [5.41, 5.74) is 2.13. The van der Waals surface area contributed by atoms with Crippen molar-refractivity contribution in [1.82, 2.24) is 4.90 Å². The van der Waals surface area contributed by atoms with Gasteiger partial charge in [-0.3, -0.25) is 0 Å². The van der Waals surface area contributed by atoms with Crippen molar-refractivity contribution in [2.45, 2.75) is 13.2 Å². The van der Waals surface area contributed by atoms with E-state index in [0.717, 1.165) is 23.6 Å². The molecule has 2 heteroatoms. The minimum atomic E-state index is -0.105. The Hall–Kier alpha value is -1.96. The zero-order chi connectivity index (χ0) is 12.3. The Kier molecular flexibility index (Phi) is 3.33. The number of rotatable bonds is 3. The third-order valence-electron chi connectivity index (χ3n) is 2.80. The lowest BCUT2D eigenvalue weighted by atomic mass is 10.1. The van der Waals surface area contributed by atoms with E-state index >= 15 is 0 Å². The topological polar surface area (TPSA) is 12.5 Å². The van der Waals surface area contributed by atoms with Crippen molar-refractivity contribution in [2.75, 3.05) is 6.54 Å². The van der Waals surface area contributed by atoms with E-state index in [9.17, 15) is 0 Å². The predicted molar refractivity (Wildman–Crippen MR) is 70.1 cm³/mol. The lowest BCUT2D eigenvalue weighted by molar-refractivity contribution is -0.00830. The van der Waals surface area contributed by atoms with Crippen LogP contribution in [0.25, 0.3) is 0 Å². The first-order valence-electron chi connectivity index (χ1n) is 5.68. The van der Waals surface area contributed by atoms with Crippen LogP contribution in [0.5, 0.6) is 0 Å². The molecule has 0 amide bonds. The minimum absolute atomic E-state index is 0.105. The van der Waals surface area contributed by atoms with Gasteiger partial charge in [-0.05, 0) is 19.1 Å². The van der Waals surface area contributed by atoms with Gasteiger partial charge in [0, 0.05) is 17.8 Å². The molecule has 1 aliphatic rings. The molecule has 0 fully saturated rings. The molecule has 1 unspecified atom stereocenters. The number of ether oxygens (including phenoxy) is 1. The Morgan fingerprint density at radius 1 is 1.41 bits per heavy atom. The van der Waals surface area contributed by atoms with Crippen molar-refractivity contribution >= 4 is 0 Å². The molecule has 0 saturated heterocycles. The molecule has 2 rings (SSSR count). The van der Waals surface area contributed by atoms with Crippen molar-refractivity contribution < 1.29 is 4.74 Å². The monoisotopic (exact) mass is 227 g/mol. The van der Waals surface area contributed by atoms with Gasteiger partial charge in [-0.15, -0.1) is 0 Å². The van der Waals surface area contributed by atoms with Crippen LogP contribution in [0.1, 0.15) is 18.7 Å². The number of hydrogen-bond acceptors (Lipinski definition) is 2. The van der Waals surface area contributed by atoms with Crippen LogP contribution in [0.15, 0.2) is 67.1 Å². The van der Waals surface area contributed by atoms with Gasteiger partial charge in [-0.25, -0.2) is 0 Å². The highest BCUT2D eigenvalue weighted by Crippen LogP contribution is 2.30. The SMILES string of the molecule is C=CC1=CCN(C(=C)C)C(c2ccccc2)O1. The van der Waals surface area contributed by atoms with Crippen LogP contribution >= 0.6 is 0 Å². The van der Waals surface area contributed by atoms with Crippen LogP contribution in [0, 0.1) is 0 Å². The van der Waals surface area contributed by atoms with E-state index in [1.54, 1.807) is 6.08 Å². The van der Waals surface area contributed by atoms with Crippen LogP contribution in [0.3, 0.4) is 0 Å². The van der Waals surface area contributed by atoms with Crippen molar-refractivity contribution in [1.29, 1.82) is 0 Å². The molecular weight excluding hydrogens is 210 g/mol. The first kappa shape index (κ1) is 11.5. The van der Waals surface area contributed by atoms with Gasteiger partial charge in [-0.1, -0.05) is 43.5 Å². The van der Waals surface area contributed by atoms with Crippen molar-refractivity contribution in [2.24, 2.45) is 0 Å². The second-order valence-electron chi connectivity index (χ2n) is 4.08. The quantitative estimate of drug-likeness (QED) is 0.782. The lowest BCUT2D eigenvalue weighted by Crippen LogP contribution is -2.32. The molecule has 2 nitrogen and oxygen atoms in total. The molecule has 0 saturated carbocycles. The summed E-state index contributed by atoms with van der Waals surface area (Å²) in [4.78, 5) is 2.13. The van der Waals surface area contributed by atoms with E-state index in [1.807, 2.05) is 31.2 Å². The van der Waals surface area contributed by atoms with Crippen molar-refractivity contribution in [3.8, 4) is 0 Å². The Bertz CT molecular complexity index is 447. The van der Waals surface area contributed by atoms with Gasteiger partial charge >= 0.3 is 0 Å². The number of nitrogens with zero attached hydrogens (tertiary/aromatic N) is 1. The van der Waals surface area contributed by atoms with E-state index in [2.05, 4.69) is 30.2 Å². The third kappa shape index (κ3) is 2.41. The molecule has 0 spiro atoms. The second kappa shape index (κ2) is 4.91. The first-order chi connectivity index (χ1) is 8.22. The highest BCUT2D eigenvalue weighted by molar-refractivity contribution is 5.23. The maximum absolute atomic E-state index is 5.90. The van der Waals surface area contributed by atoms with Gasteiger partial charge in [-0.2, -0.15) is 0 Å². The molecule has 88 valence electrons. The zero-order valence-corrected chi connectivity index (χ0v) is 10.1. The fourth-order valence-electron chi connectivity index (χ4n) is 1.88.